The van der Waals surface area contributed by atoms with Gasteiger partial charge < -0.3 is 4.90 Å². The highest BCUT2D eigenvalue weighted by Gasteiger charge is 2.23. The quantitative estimate of drug-likeness (QED) is 0.427. The predicted molar refractivity (Wildman–Crippen MR) is 115 cm³/mol. The van der Waals surface area contributed by atoms with E-state index in [1.807, 2.05) is 56.5 Å². The summed E-state index contributed by atoms with van der Waals surface area (Å²) in [4.78, 5) is 20.3. The van der Waals surface area contributed by atoms with Crippen LogP contribution in [0, 0.1) is 0 Å². The van der Waals surface area contributed by atoms with Crippen molar-refractivity contribution in [2.75, 3.05) is 11.9 Å². The van der Waals surface area contributed by atoms with E-state index in [2.05, 4.69) is 22.0 Å². The zero-order valence-electron chi connectivity index (χ0n) is 13.9. The SMILES string of the molecule is CC1=C/C(=C\C=C2/Sc3ccccc3N2C)C(=O)c2ncccc21.I. The lowest BCUT2D eigenvalue weighted by Crippen LogP contribution is -2.12. The zero-order valence-corrected chi connectivity index (χ0v) is 17.0. The Morgan fingerprint density at radius 1 is 1.12 bits per heavy atom. The summed E-state index contributed by atoms with van der Waals surface area (Å²) in [6, 6.07) is 12.1. The molecule has 1 aromatic carbocycles. The Kier molecular flexibility index (Phi) is 5.15. The van der Waals surface area contributed by atoms with E-state index in [1.165, 1.54) is 10.6 Å². The molecule has 1 aliphatic carbocycles. The van der Waals surface area contributed by atoms with Gasteiger partial charge in [-0.15, -0.1) is 24.0 Å². The second-order valence-electron chi connectivity index (χ2n) is 5.81. The maximum atomic E-state index is 12.6. The van der Waals surface area contributed by atoms with Crippen molar-refractivity contribution in [1.82, 2.24) is 4.98 Å². The van der Waals surface area contributed by atoms with Gasteiger partial charge in [-0.3, -0.25) is 9.78 Å². The topological polar surface area (TPSA) is 33.2 Å². The minimum Gasteiger partial charge on any atom is -0.338 e. The molecule has 0 fully saturated rings. The van der Waals surface area contributed by atoms with Crippen LogP contribution in [-0.4, -0.2) is 17.8 Å². The van der Waals surface area contributed by atoms with Crippen molar-refractivity contribution in [3.63, 3.8) is 0 Å². The second-order valence-corrected chi connectivity index (χ2v) is 6.87. The fourth-order valence-electron chi connectivity index (χ4n) is 2.97. The summed E-state index contributed by atoms with van der Waals surface area (Å²) < 4.78 is 0. The van der Waals surface area contributed by atoms with E-state index >= 15 is 0 Å². The number of rotatable bonds is 1. The highest BCUT2D eigenvalue weighted by molar-refractivity contribution is 14.0. The van der Waals surface area contributed by atoms with Crippen molar-refractivity contribution in [1.29, 1.82) is 0 Å². The standard InChI is InChI=1S/C20H16N2OS.HI/c1-13-12-14(20(23)19-15(13)6-5-11-21-19)9-10-18-22(2)16-7-3-4-8-17(16)24-18;/h3-12H,1-2H3;1H/b14-9+,18-10-;. The van der Waals surface area contributed by atoms with E-state index in [4.69, 9.17) is 0 Å². The number of thioether (sulfide) groups is 1. The molecule has 2 heterocycles. The lowest BCUT2D eigenvalue weighted by atomic mass is 9.91. The molecule has 0 bridgehead atoms. The molecule has 2 aromatic rings. The van der Waals surface area contributed by atoms with Gasteiger partial charge in [0.15, 0.2) is 0 Å². The van der Waals surface area contributed by atoms with E-state index in [0.29, 0.717) is 11.3 Å². The van der Waals surface area contributed by atoms with Crippen LogP contribution in [0.1, 0.15) is 23.0 Å². The summed E-state index contributed by atoms with van der Waals surface area (Å²) in [6.07, 6.45) is 7.52. The van der Waals surface area contributed by atoms with Gasteiger partial charge in [0.05, 0.1) is 10.7 Å². The van der Waals surface area contributed by atoms with E-state index in [9.17, 15) is 4.79 Å². The number of carbonyl (C=O) groups excluding carboxylic acids is 1. The van der Waals surface area contributed by atoms with Gasteiger partial charge in [0.25, 0.3) is 0 Å². The van der Waals surface area contributed by atoms with Gasteiger partial charge in [-0.05, 0) is 48.9 Å². The van der Waals surface area contributed by atoms with Crippen LogP contribution in [0.4, 0.5) is 5.69 Å². The average molecular weight is 460 g/mol. The van der Waals surface area contributed by atoms with Crippen molar-refractivity contribution in [2.24, 2.45) is 0 Å². The van der Waals surface area contributed by atoms with Gasteiger partial charge in [-0.1, -0.05) is 30.0 Å². The smallest absolute Gasteiger partial charge is 0.211 e. The third-order valence-electron chi connectivity index (χ3n) is 4.26. The van der Waals surface area contributed by atoms with Crippen molar-refractivity contribution < 1.29 is 4.79 Å². The summed E-state index contributed by atoms with van der Waals surface area (Å²) in [6.45, 7) is 2.01. The number of aromatic nitrogens is 1. The number of pyridine rings is 1. The largest absolute Gasteiger partial charge is 0.338 e. The van der Waals surface area contributed by atoms with Crippen LogP contribution < -0.4 is 4.90 Å². The second kappa shape index (κ2) is 7.17. The molecule has 0 spiro atoms. The van der Waals surface area contributed by atoms with Gasteiger partial charge in [0.1, 0.15) is 5.69 Å². The Morgan fingerprint density at radius 3 is 2.72 bits per heavy atom. The molecule has 3 nitrogen and oxygen atoms in total. The number of para-hydroxylation sites is 1. The number of Topliss-reactive ketones (excluding diaryl/α,β-unsaturated/α-hetero) is 1. The first-order chi connectivity index (χ1) is 11.6. The molecule has 2 aliphatic rings. The first-order valence-corrected chi connectivity index (χ1v) is 8.58. The molecular weight excluding hydrogens is 443 g/mol. The normalized spacial score (nSPS) is 18.7. The summed E-state index contributed by atoms with van der Waals surface area (Å²) in [5.41, 5.74) is 4.40. The Bertz CT molecular complexity index is 946. The number of benzene rings is 1. The van der Waals surface area contributed by atoms with Crippen molar-refractivity contribution in [3.8, 4) is 0 Å². The molecule has 5 heteroatoms. The van der Waals surface area contributed by atoms with Gasteiger partial charge >= 0.3 is 0 Å². The van der Waals surface area contributed by atoms with Crippen molar-refractivity contribution in [3.05, 3.63) is 82.7 Å². The Morgan fingerprint density at radius 2 is 1.92 bits per heavy atom. The maximum absolute atomic E-state index is 12.6. The molecule has 0 saturated heterocycles. The van der Waals surface area contributed by atoms with Crippen molar-refractivity contribution in [2.45, 2.75) is 11.8 Å². The first kappa shape index (κ1) is 17.9. The molecule has 0 amide bonds. The molecular formula is C20H17IN2OS. The lowest BCUT2D eigenvalue weighted by Gasteiger charge is -2.15. The lowest BCUT2D eigenvalue weighted by molar-refractivity contribution is 0.103. The molecule has 126 valence electrons. The van der Waals surface area contributed by atoms with Crippen LogP contribution in [0.2, 0.25) is 0 Å². The van der Waals surface area contributed by atoms with Gasteiger partial charge in [-0.2, -0.15) is 0 Å². The van der Waals surface area contributed by atoms with Crippen LogP contribution in [0.25, 0.3) is 5.57 Å². The van der Waals surface area contributed by atoms with E-state index < -0.39 is 0 Å². The molecule has 0 saturated carbocycles. The number of ketones is 1. The van der Waals surface area contributed by atoms with Crippen LogP contribution in [0.3, 0.4) is 0 Å². The number of hydrogen-bond acceptors (Lipinski definition) is 4. The van der Waals surface area contributed by atoms with Crippen LogP contribution in [0.5, 0.6) is 0 Å². The van der Waals surface area contributed by atoms with E-state index in [1.54, 1.807) is 18.0 Å². The summed E-state index contributed by atoms with van der Waals surface area (Å²) in [5.74, 6) is -0.0174. The van der Waals surface area contributed by atoms with Gasteiger partial charge in [-0.25, -0.2) is 0 Å². The number of fused-ring (bicyclic) bond motifs is 2. The molecule has 0 unspecified atom stereocenters. The monoisotopic (exact) mass is 460 g/mol. The van der Waals surface area contributed by atoms with Gasteiger partial charge in [0.2, 0.25) is 5.78 Å². The van der Waals surface area contributed by atoms with E-state index in [-0.39, 0.29) is 29.8 Å². The average Bonchev–Trinajstić information content (AvgIpc) is 2.93. The Hall–Kier alpha value is -1.86. The number of carbonyl (C=O) groups is 1. The zero-order chi connectivity index (χ0) is 16.7. The number of halogens is 1. The highest BCUT2D eigenvalue weighted by atomic mass is 127. The molecule has 0 radical (unpaired) electrons. The van der Waals surface area contributed by atoms with Crippen LogP contribution >= 0.6 is 35.7 Å². The minimum absolute atomic E-state index is 0. The maximum Gasteiger partial charge on any atom is 0.211 e. The number of anilines is 1. The third kappa shape index (κ3) is 3.18. The summed E-state index contributed by atoms with van der Waals surface area (Å²) in [7, 11) is 2.05. The molecule has 25 heavy (non-hydrogen) atoms. The molecule has 0 atom stereocenters. The number of nitrogens with zero attached hydrogens (tertiary/aromatic N) is 2. The Balaban J connectivity index is 0.00000182. The number of hydrogen-bond donors (Lipinski definition) is 0. The minimum atomic E-state index is -0.0174. The van der Waals surface area contributed by atoms with E-state index in [0.717, 1.165) is 16.2 Å². The number of allylic oxidation sites excluding steroid dienone is 5. The summed E-state index contributed by atoms with van der Waals surface area (Å²) in [5, 5.41) is 1.11. The third-order valence-corrected chi connectivity index (χ3v) is 5.44. The predicted octanol–water partition coefficient (Wildman–Crippen LogP) is 5.31. The van der Waals surface area contributed by atoms with Crippen LogP contribution in [0.15, 0.2) is 76.3 Å². The molecule has 1 aromatic heterocycles. The van der Waals surface area contributed by atoms with Gasteiger partial charge in [0, 0.05) is 29.3 Å². The first-order valence-electron chi connectivity index (χ1n) is 7.76. The fraction of sp³-hybridized carbons (Fsp3) is 0.100. The Labute approximate surface area is 168 Å². The molecule has 1 aliphatic heterocycles. The van der Waals surface area contributed by atoms with Crippen LogP contribution in [-0.2, 0) is 0 Å². The molecule has 0 N–H and O–H groups in total. The van der Waals surface area contributed by atoms with Crippen molar-refractivity contribution >= 4 is 52.8 Å². The highest BCUT2D eigenvalue weighted by Crippen LogP contribution is 2.44. The summed E-state index contributed by atoms with van der Waals surface area (Å²) >= 11 is 1.72. The fourth-order valence-corrected chi connectivity index (χ4v) is 4.02. The molecule has 4 rings (SSSR count).